The van der Waals surface area contributed by atoms with Gasteiger partial charge < -0.3 is 10.0 Å². The van der Waals surface area contributed by atoms with Crippen molar-refractivity contribution in [2.75, 3.05) is 13.1 Å². The fourth-order valence-corrected chi connectivity index (χ4v) is 2.26. The van der Waals surface area contributed by atoms with Crippen LogP contribution < -0.4 is 0 Å². The third-order valence-electron chi connectivity index (χ3n) is 3.49. The van der Waals surface area contributed by atoms with Crippen LogP contribution in [0.1, 0.15) is 18.9 Å². The van der Waals surface area contributed by atoms with Crippen molar-refractivity contribution in [3.05, 3.63) is 41.7 Å². The molecule has 2 atom stereocenters. The molecule has 1 aromatic carbocycles. The maximum atomic E-state index is 13.0. The van der Waals surface area contributed by atoms with E-state index in [0.29, 0.717) is 18.7 Å². The molecule has 102 valence electrons. The summed E-state index contributed by atoms with van der Waals surface area (Å²) in [5.41, 5.74) is 0.666. The van der Waals surface area contributed by atoms with E-state index in [1.165, 1.54) is 18.2 Å². The highest BCUT2D eigenvalue weighted by molar-refractivity contribution is 5.91. The summed E-state index contributed by atoms with van der Waals surface area (Å²) in [5, 5.41) is 9.49. The van der Waals surface area contributed by atoms with E-state index in [1.807, 2.05) is 0 Å². The molecule has 1 saturated heterocycles. The van der Waals surface area contributed by atoms with Crippen molar-refractivity contribution < 1.29 is 14.3 Å². The Morgan fingerprint density at radius 1 is 1.58 bits per heavy atom. The van der Waals surface area contributed by atoms with Crippen molar-refractivity contribution in [3.8, 4) is 0 Å². The van der Waals surface area contributed by atoms with Crippen molar-refractivity contribution >= 4 is 12.0 Å². The monoisotopic (exact) mass is 263 g/mol. The van der Waals surface area contributed by atoms with Gasteiger partial charge in [0.15, 0.2) is 0 Å². The zero-order chi connectivity index (χ0) is 13.8. The van der Waals surface area contributed by atoms with Crippen LogP contribution in [0.2, 0.25) is 0 Å². The summed E-state index contributed by atoms with van der Waals surface area (Å²) in [6.07, 6.45) is 3.52. The van der Waals surface area contributed by atoms with Gasteiger partial charge in [-0.05, 0) is 37.1 Å². The van der Waals surface area contributed by atoms with Crippen LogP contribution in [-0.2, 0) is 4.79 Å². The van der Waals surface area contributed by atoms with Crippen LogP contribution in [0.15, 0.2) is 30.3 Å². The molecular weight excluding hydrogens is 245 g/mol. The topological polar surface area (TPSA) is 40.5 Å². The molecular formula is C15H18FNO2. The quantitative estimate of drug-likeness (QED) is 0.848. The number of likely N-dealkylation sites (tertiary alicyclic amines) is 1. The summed E-state index contributed by atoms with van der Waals surface area (Å²) in [4.78, 5) is 13.7. The average molecular weight is 263 g/mol. The first kappa shape index (κ1) is 13.7. The number of halogens is 1. The SMILES string of the molecule is CC(O)C1CCN(C(=O)/C=C/c2cccc(F)c2)C1. The van der Waals surface area contributed by atoms with E-state index in [0.717, 1.165) is 6.42 Å². The summed E-state index contributed by atoms with van der Waals surface area (Å²) in [6, 6.07) is 6.10. The number of carbonyl (C=O) groups excluding carboxylic acids is 1. The van der Waals surface area contributed by atoms with E-state index in [9.17, 15) is 14.3 Å². The minimum atomic E-state index is -0.384. The van der Waals surface area contributed by atoms with Crippen molar-refractivity contribution in [1.82, 2.24) is 4.90 Å². The zero-order valence-corrected chi connectivity index (χ0v) is 10.9. The van der Waals surface area contributed by atoms with Crippen LogP contribution >= 0.6 is 0 Å². The van der Waals surface area contributed by atoms with Gasteiger partial charge in [-0.2, -0.15) is 0 Å². The molecule has 4 heteroatoms. The van der Waals surface area contributed by atoms with Gasteiger partial charge in [0.25, 0.3) is 0 Å². The fourth-order valence-electron chi connectivity index (χ4n) is 2.26. The van der Waals surface area contributed by atoms with Gasteiger partial charge in [0, 0.05) is 25.1 Å². The predicted octanol–water partition coefficient (Wildman–Crippen LogP) is 2.07. The third kappa shape index (κ3) is 3.64. The zero-order valence-electron chi connectivity index (χ0n) is 10.9. The van der Waals surface area contributed by atoms with Crippen LogP contribution in [0, 0.1) is 11.7 Å². The largest absolute Gasteiger partial charge is 0.393 e. The second-order valence-corrected chi connectivity index (χ2v) is 4.96. The summed E-state index contributed by atoms with van der Waals surface area (Å²) < 4.78 is 13.0. The average Bonchev–Trinajstić information content (AvgIpc) is 2.86. The van der Waals surface area contributed by atoms with Crippen molar-refractivity contribution in [2.24, 2.45) is 5.92 Å². The van der Waals surface area contributed by atoms with Gasteiger partial charge in [-0.15, -0.1) is 0 Å². The van der Waals surface area contributed by atoms with E-state index in [-0.39, 0.29) is 23.7 Å². The second-order valence-electron chi connectivity index (χ2n) is 4.96. The molecule has 0 radical (unpaired) electrons. The molecule has 2 rings (SSSR count). The molecule has 0 saturated carbocycles. The number of aliphatic hydroxyl groups is 1. The van der Waals surface area contributed by atoms with Crippen LogP contribution in [0.3, 0.4) is 0 Å². The molecule has 1 N–H and O–H groups in total. The minimum absolute atomic E-state index is 0.0904. The molecule has 0 aromatic heterocycles. The van der Waals surface area contributed by atoms with Crippen LogP contribution in [-0.4, -0.2) is 35.1 Å². The Morgan fingerprint density at radius 2 is 2.37 bits per heavy atom. The first-order chi connectivity index (χ1) is 9.06. The Balaban J connectivity index is 1.95. The Morgan fingerprint density at radius 3 is 3.00 bits per heavy atom. The number of hydrogen-bond acceptors (Lipinski definition) is 2. The Hall–Kier alpha value is -1.68. The Bertz CT molecular complexity index is 485. The number of benzene rings is 1. The number of carbonyl (C=O) groups is 1. The molecule has 1 aromatic rings. The number of nitrogens with zero attached hydrogens (tertiary/aromatic N) is 1. The van der Waals surface area contributed by atoms with E-state index >= 15 is 0 Å². The second kappa shape index (κ2) is 5.97. The normalized spacial score (nSPS) is 21.0. The van der Waals surface area contributed by atoms with Gasteiger partial charge in [0.05, 0.1) is 6.10 Å². The Kier molecular flexibility index (Phi) is 4.32. The summed E-state index contributed by atoms with van der Waals surface area (Å²) >= 11 is 0. The van der Waals surface area contributed by atoms with Crippen molar-refractivity contribution in [3.63, 3.8) is 0 Å². The van der Waals surface area contributed by atoms with E-state index in [2.05, 4.69) is 0 Å². The van der Waals surface area contributed by atoms with Crippen LogP contribution in [0.4, 0.5) is 4.39 Å². The van der Waals surface area contributed by atoms with E-state index in [4.69, 9.17) is 0 Å². The van der Waals surface area contributed by atoms with E-state index in [1.54, 1.807) is 30.0 Å². The number of hydrogen-bond donors (Lipinski definition) is 1. The molecule has 1 fully saturated rings. The molecule has 0 aliphatic carbocycles. The first-order valence-corrected chi connectivity index (χ1v) is 6.47. The number of rotatable bonds is 3. The molecule has 1 aliphatic rings. The maximum Gasteiger partial charge on any atom is 0.246 e. The summed E-state index contributed by atoms with van der Waals surface area (Å²) in [7, 11) is 0. The fraction of sp³-hybridized carbons (Fsp3) is 0.400. The highest BCUT2D eigenvalue weighted by atomic mass is 19.1. The Labute approximate surface area is 112 Å². The first-order valence-electron chi connectivity index (χ1n) is 6.47. The van der Waals surface area contributed by atoms with Gasteiger partial charge in [0.1, 0.15) is 5.82 Å². The van der Waals surface area contributed by atoms with Gasteiger partial charge in [-0.1, -0.05) is 12.1 Å². The molecule has 19 heavy (non-hydrogen) atoms. The molecule has 0 spiro atoms. The smallest absolute Gasteiger partial charge is 0.246 e. The van der Waals surface area contributed by atoms with Gasteiger partial charge >= 0.3 is 0 Å². The molecule has 2 unspecified atom stereocenters. The van der Waals surface area contributed by atoms with Gasteiger partial charge in [-0.3, -0.25) is 4.79 Å². The number of aliphatic hydroxyl groups excluding tert-OH is 1. The lowest BCUT2D eigenvalue weighted by molar-refractivity contribution is -0.125. The van der Waals surface area contributed by atoms with Gasteiger partial charge in [-0.25, -0.2) is 4.39 Å². The van der Waals surface area contributed by atoms with Crippen LogP contribution in [0.5, 0.6) is 0 Å². The van der Waals surface area contributed by atoms with Crippen molar-refractivity contribution in [2.45, 2.75) is 19.4 Å². The summed E-state index contributed by atoms with van der Waals surface area (Å²) in [6.45, 7) is 3.01. The van der Waals surface area contributed by atoms with Crippen LogP contribution in [0.25, 0.3) is 6.08 Å². The molecule has 1 heterocycles. The molecule has 1 amide bonds. The molecule has 1 aliphatic heterocycles. The highest BCUT2D eigenvalue weighted by Gasteiger charge is 2.27. The molecule has 3 nitrogen and oxygen atoms in total. The van der Waals surface area contributed by atoms with E-state index < -0.39 is 0 Å². The lowest BCUT2D eigenvalue weighted by atomic mass is 10.0. The lowest BCUT2D eigenvalue weighted by Gasteiger charge is -2.15. The minimum Gasteiger partial charge on any atom is -0.393 e. The van der Waals surface area contributed by atoms with Crippen molar-refractivity contribution in [1.29, 1.82) is 0 Å². The predicted molar refractivity (Wildman–Crippen MR) is 71.8 cm³/mol. The van der Waals surface area contributed by atoms with Gasteiger partial charge in [0.2, 0.25) is 5.91 Å². The standard InChI is InChI=1S/C15H18FNO2/c1-11(18)13-7-8-17(10-13)15(19)6-5-12-3-2-4-14(16)9-12/h2-6,9,11,13,18H,7-8,10H2,1H3/b6-5+. The highest BCUT2D eigenvalue weighted by Crippen LogP contribution is 2.20. The molecule has 0 bridgehead atoms. The number of amides is 1. The maximum absolute atomic E-state index is 13.0. The summed E-state index contributed by atoms with van der Waals surface area (Å²) in [5.74, 6) is -0.246. The third-order valence-corrected chi connectivity index (χ3v) is 3.49. The lowest BCUT2D eigenvalue weighted by Crippen LogP contribution is -2.28.